The molecule has 0 spiro atoms. The van der Waals surface area contributed by atoms with Crippen molar-refractivity contribution in [2.75, 3.05) is 13.1 Å². The van der Waals surface area contributed by atoms with E-state index in [0.717, 1.165) is 35.8 Å². The van der Waals surface area contributed by atoms with E-state index in [1.807, 2.05) is 64.4 Å². The number of ether oxygens (including phenoxy) is 1. The van der Waals surface area contributed by atoms with Gasteiger partial charge in [0.25, 0.3) is 0 Å². The molecule has 3 rings (SSSR count). The normalized spacial score (nSPS) is 12.2. The summed E-state index contributed by atoms with van der Waals surface area (Å²) in [5, 5.41) is 17.1. The predicted molar refractivity (Wildman–Crippen MR) is 148 cm³/mol. The highest BCUT2D eigenvalue weighted by atomic mass is 127. The van der Waals surface area contributed by atoms with Gasteiger partial charge < -0.3 is 25.0 Å². The van der Waals surface area contributed by atoms with E-state index in [-0.39, 0.29) is 30.1 Å². The van der Waals surface area contributed by atoms with E-state index in [1.54, 1.807) is 0 Å². The number of guanidine groups is 1. The molecule has 7 nitrogen and oxygen atoms in total. The zero-order valence-electron chi connectivity index (χ0n) is 20.4. The molecule has 0 amide bonds. The SMILES string of the molecule is CCNC(=NCc1cccc(Cn2ccnc2C)c1)NCC(O)c1ccc(OC(C)C)cc1.I. The minimum Gasteiger partial charge on any atom is -0.491 e. The molecule has 8 heteroatoms. The summed E-state index contributed by atoms with van der Waals surface area (Å²) in [5.74, 6) is 2.47. The number of rotatable bonds is 10. The van der Waals surface area contributed by atoms with Gasteiger partial charge in [-0.3, -0.25) is 0 Å². The van der Waals surface area contributed by atoms with Gasteiger partial charge in [0, 0.05) is 32.0 Å². The third kappa shape index (κ3) is 8.64. The Hall–Kier alpha value is -2.59. The van der Waals surface area contributed by atoms with E-state index in [1.165, 1.54) is 5.56 Å². The molecule has 2 aromatic carbocycles. The number of aliphatic imine (C=N–C) groups is 1. The van der Waals surface area contributed by atoms with Gasteiger partial charge in [-0.05, 0) is 56.5 Å². The van der Waals surface area contributed by atoms with Crippen molar-refractivity contribution in [1.82, 2.24) is 20.2 Å². The fourth-order valence-electron chi connectivity index (χ4n) is 3.46. The van der Waals surface area contributed by atoms with Crippen LogP contribution in [0.4, 0.5) is 0 Å². The van der Waals surface area contributed by atoms with Crippen molar-refractivity contribution in [2.45, 2.75) is 53.0 Å². The number of nitrogens with one attached hydrogen (secondary N) is 2. The lowest BCUT2D eigenvalue weighted by Gasteiger charge is -2.16. The second-order valence-electron chi connectivity index (χ2n) is 8.25. The van der Waals surface area contributed by atoms with E-state index in [2.05, 4.69) is 44.5 Å². The predicted octanol–water partition coefficient (Wildman–Crippen LogP) is 4.43. The largest absolute Gasteiger partial charge is 0.491 e. The van der Waals surface area contributed by atoms with E-state index >= 15 is 0 Å². The van der Waals surface area contributed by atoms with Crippen molar-refractivity contribution in [3.8, 4) is 5.75 Å². The summed E-state index contributed by atoms with van der Waals surface area (Å²) in [6.45, 7) is 10.4. The Balaban J connectivity index is 0.00000408. The summed E-state index contributed by atoms with van der Waals surface area (Å²) in [4.78, 5) is 8.98. The van der Waals surface area contributed by atoms with Crippen LogP contribution in [0.15, 0.2) is 65.9 Å². The summed E-state index contributed by atoms with van der Waals surface area (Å²) < 4.78 is 7.79. The maximum atomic E-state index is 10.6. The Kier molecular flexibility index (Phi) is 11.4. The molecular formula is C26H36IN5O2. The van der Waals surface area contributed by atoms with Gasteiger partial charge in [-0.1, -0.05) is 36.4 Å². The van der Waals surface area contributed by atoms with Crippen molar-refractivity contribution in [2.24, 2.45) is 4.99 Å². The monoisotopic (exact) mass is 577 g/mol. The molecule has 184 valence electrons. The summed E-state index contributed by atoms with van der Waals surface area (Å²) in [6, 6.07) is 16.0. The van der Waals surface area contributed by atoms with Gasteiger partial charge in [-0.2, -0.15) is 0 Å². The van der Waals surface area contributed by atoms with Crippen LogP contribution < -0.4 is 15.4 Å². The van der Waals surface area contributed by atoms with Gasteiger partial charge in [0.2, 0.25) is 0 Å². The zero-order valence-corrected chi connectivity index (χ0v) is 22.7. The standard InChI is InChI=1S/C26H35N5O2.HI/c1-5-27-26(30-17-25(32)23-9-11-24(12-10-23)33-19(2)3)29-16-21-7-6-8-22(15-21)18-31-14-13-28-20(31)4;/h6-15,19,25,32H,5,16-18H2,1-4H3,(H2,27,29,30);1H. The second kappa shape index (κ2) is 14.0. The van der Waals surface area contributed by atoms with Gasteiger partial charge in [-0.15, -0.1) is 24.0 Å². The molecule has 1 unspecified atom stereocenters. The maximum absolute atomic E-state index is 10.6. The molecule has 34 heavy (non-hydrogen) atoms. The third-order valence-electron chi connectivity index (χ3n) is 5.13. The van der Waals surface area contributed by atoms with Gasteiger partial charge in [0.05, 0.1) is 18.8 Å². The van der Waals surface area contributed by atoms with Crippen LogP contribution in [0, 0.1) is 6.92 Å². The van der Waals surface area contributed by atoms with E-state index in [9.17, 15) is 5.11 Å². The quantitative estimate of drug-likeness (QED) is 0.189. The molecule has 3 aromatic rings. The van der Waals surface area contributed by atoms with Crippen LogP contribution in [0.25, 0.3) is 0 Å². The number of aromatic nitrogens is 2. The molecule has 3 N–H and O–H groups in total. The van der Waals surface area contributed by atoms with Gasteiger partial charge in [-0.25, -0.2) is 9.98 Å². The van der Waals surface area contributed by atoms with Crippen LogP contribution in [-0.4, -0.2) is 39.8 Å². The van der Waals surface area contributed by atoms with Gasteiger partial charge in [0.15, 0.2) is 5.96 Å². The molecule has 0 aliphatic carbocycles. The summed E-state index contributed by atoms with van der Waals surface area (Å²) in [7, 11) is 0. The lowest BCUT2D eigenvalue weighted by atomic mass is 10.1. The van der Waals surface area contributed by atoms with Crippen molar-refractivity contribution in [3.05, 3.63) is 83.4 Å². The van der Waals surface area contributed by atoms with Crippen LogP contribution in [0.2, 0.25) is 0 Å². The number of halogens is 1. The highest BCUT2D eigenvalue weighted by Gasteiger charge is 2.09. The molecular weight excluding hydrogens is 541 g/mol. The smallest absolute Gasteiger partial charge is 0.191 e. The van der Waals surface area contributed by atoms with E-state index in [0.29, 0.717) is 19.0 Å². The molecule has 1 heterocycles. The summed E-state index contributed by atoms with van der Waals surface area (Å²) in [5.41, 5.74) is 3.17. The highest BCUT2D eigenvalue weighted by Crippen LogP contribution is 2.18. The van der Waals surface area contributed by atoms with Gasteiger partial charge >= 0.3 is 0 Å². The Morgan fingerprint density at radius 1 is 1.12 bits per heavy atom. The first-order chi connectivity index (χ1) is 15.9. The number of imidazole rings is 1. The molecule has 0 fully saturated rings. The van der Waals surface area contributed by atoms with E-state index < -0.39 is 6.10 Å². The fraction of sp³-hybridized carbons (Fsp3) is 0.385. The first-order valence-corrected chi connectivity index (χ1v) is 11.5. The van der Waals surface area contributed by atoms with Crippen LogP contribution in [0.5, 0.6) is 5.75 Å². The van der Waals surface area contributed by atoms with E-state index in [4.69, 9.17) is 9.73 Å². The van der Waals surface area contributed by atoms with Crippen molar-refractivity contribution >= 4 is 29.9 Å². The Morgan fingerprint density at radius 2 is 1.85 bits per heavy atom. The van der Waals surface area contributed by atoms with Crippen LogP contribution in [0.1, 0.15) is 49.4 Å². The molecule has 0 saturated carbocycles. The molecule has 1 aromatic heterocycles. The summed E-state index contributed by atoms with van der Waals surface area (Å²) in [6.07, 6.45) is 3.28. The second-order valence-corrected chi connectivity index (χ2v) is 8.25. The zero-order chi connectivity index (χ0) is 23.6. The number of aliphatic hydroxyl groups is 1. The van der Waals surface area contributed by atoms with Crippen molar-refractivity contribution in [3.63, 3.8) is 0 Å². The van der Waals surface area contributed by atoms with Crippen LogP contribution in [-0.2, 0) is 13.1 Å². The lowest BCUT2D eigenvalue weighted by molar-refractivity contribution is 0.180. The lowest BCUT2D eigenvalue weighted by Crippen LogP contribution is -2.39. The first-order valence-electron chi connectivity index (χ1n) is 11.5. The van der Waals surface area contributed by atoms with Crippen molar-refractivity contribution < 1.29 is 9.84 Å². The number of aryl methyl sites for hydroxylation is 1. The Labute approximate surface area is 219 Å². The summed E-state index contributed by atoms with van der Waals surface area (Å²) >= 11 is 0. The Bertz CT molecular complexity index is 1030. The number of aliphatic hydroxyl groups excluding tert-OH is 1. The molecule has 0 radical (unpaired) electrons. The first kappa shape index (κ1) is 27.7. The minimum atomic E-state index is -0.649. The minimum absolute atomic E-state index is 0. The topological polar surface area (TPSA) is 83.7 Å². The highest BCUT2D eigenvalue weighted by molar-refractivity contribution is 14.0. The van der Waals surface area contributed by atoms with Gasteiger partial charge in [0.1, 0.15) is 11.6 Å². The number of benzene rings is 2. The molecule has 0 aliphatic heterocycles. The maximum Gasteiger partial charge on any atom is 0.191 e. The molecule has 0 saturated heterocycles. The Morgan fingerprint density at radius 3 is 2.50 bits per heavy atom. The fourth-order valence-corrected chi connectivity index (χ4v) is 3.46. The number of hydrogen-bond acceptors (Lipinski definition) is 4. The average Bonchev–Trinajstić information content (AvgIpc) is 3.20. The van der Waals surface area contributed by atoms with Crippen molar-refractivity contribution in [1.29, 1.82) is 0 Å². The molecule has 0 bridgehead atoms. The average molecular weight is 578 g/mol. The van der Waals surface area contributed by atoms with Crippen LogP contribution >= 0.6 is 24.0 Å². The number of nitrogens with zero attached hydrogens (tertiary/aromatic N) is 3. The third-order valence-corrected chi connectivity index (χ3v) is 5.13. The molecule has 0 aliphatic rings. The number of hydrogen-bond donors (Lipinski definition) is 3. The molecule has 1 atom stereocenters. The van der Waals surface area contributed by atoms with Crippen LogP contribution in [0.3, 0.4) is 0 Å².